The van der Waals surface area contributed by atoms with Crippen molar-refractivity contribution < 1.29 is 4.79 Å². The lowest BCUT2D eigenvalue weighted by molar-refractivity contribution is -0.116. The SMILES string of the molecule is Cc1cccc(C)c1NC(=O)Cn1c(C(C)c2ccc(CC(C)C)cc2)nc2ccccc21. The second-order valence-corrected chi connectivity index (χ2v) is 9.42. The van der Waals surface area contributed by atoms with E-state index in [0.717, 1.165) is 40.1 Å². The van der Waals surface area contributed by atoms with Crippen LogP contribution in [0, 0.1) is 19.8 Å². The Hall–Kier alpha value is -3.40. The van der Waals surface area contributed by atoms with Gasteiger partial charge in [-0.25, -0.2) is 4.98 Å². The van der Waals surface area contributed by atoms with Crippen LogP contribution >= 0.6 is 0 Å². The first kappa shape index (κ1) is 22.8. The van der Waals surface area contributed by atoms with Gasteiger partial charge in [0.1, 0.15) is 12.4 Å². The van der Waals surface area contributed by atoms with E-state index < -0.39 is 0 Å². The molecule has 3 aromatic carbocycles. The highest BCUT2D eigenvalue weighted by Crippen LogP contribution is 2.28. The lowest BCUT2D eigenvalue weighted by Crippen LogP contribution is -2.22. The van der Waals surface area contributed by atoms with E-state index in [-0.39, 0.29) is 18.4 Å². The number of aryl methyl sites for hydroxylation is 2. The van der Waals surface area contributed by atoms with E-state index in [9.17, 15) is 4.79 Å². The molecule has 1 aromatic heterocycles. The van der Waals surface area contributed by atoms with Crippen molar-refractivity contribution in [2.75, 3.05) is 5.32 Å². The molecule has 0 aliphatic heterocycles. The summed E-state index contributed by atoms with van der Waals surface area (Å²) in [7, 11) is 0. The third kappa shape index (κ3) is 5.00. The van der Waals surface area contributed by atoms with E-state index in [4.69, 9.17) is 4.98 Å². The maximum Gasteiger partial charge on any atom is 0.244 e. The van der Waals surface area contributed by atoms with Gasteiger partial charge in [0.2, 0.25) is 5.91 Å². The zero-order valence-electron chi connectivity index (χ0n) is 20.2. The molecule has 0 radical (unpaired) electrons. The number of aromatic nitrogens is 2. The number of amides is 1. The molecule has 0 fully saturated rings. The molecule has 1 heterocycles. The fourth-order valence-corrected chi connectivity index (χ4v) is 4.49. The van der Waals surface area contributed by atoms with Crippen LogP contribution in [-0.4, -0.2) is 15.5 Å². The quantitative estimate of drug-likeness (QED) is 0.351. The molecule has 170 valence electrons. The number of anilines is 1. The number of carbonyl (C=O) groups is 1. The Morgan fingerprint density at radius 1 is 0.909 bits per heavy atom. The van der Waals surface area contributed by atoms with Crippen molar-refractivity contribution in [2.45, 2.75) is 53.5 Å². The summed E-state index contributed by atoms with van der Waals surface area (Å²) in [6.45, 7) is 10.9. The van der Waals surface area contributed by atoms with Crippen molar-refractivity contribution in [2.24, 2.45) is 5.92 Å². The highest BCUT2D eigenvalue weighted by atomic mass is 16.1. The van der Waals surface area contributed by atoms with Gasteiger partial charge in [-0.2, -0.15) is 0 Å². The molecule has 33 heavy (non-hydrogen) atoms. The second-order valence-electron chi connectivity index (χ2n) is 9.42. The van der Waals surface area contributed by atoms with Crippen molar-refractivity contribution >= 4 is 22.6 Å². The molecule has 4 heteroatoms. The predicted molar refractivity (Wildman–Crippen MR) is 137 cm³/mol. The third-order valence-electron chi connectivity index (χ3n) is 6.24. The van der Waals surface area contributed by atoms with Crippen molar-refractivity contribution in [1.82, 2.24) is 9.55 Å². The maximum atomic E-state index is 13.1. The molecule has 0 bridgehead atoms. The Labute approximate surface area is 196 Å². The molecule has 1 unspecified atom stereocenters. The lowest BCUT2D eigenvalue weighted by Gasteiger charge is -2.17. The van der Waals surface area contributed by atoms with Crippen LogP contribution in [0.3, 0.4) is 0 Å². The number of nitrogens with zero attached hydrogens (tertiary/aromatic N) is 2. The Kier molecular flexibility index (Phi) is 6.64. The van der Waals surface area contributed by atoms with Gasteiger partial charge >= 0.3 is 0 Å². The minimum Gasteiger partial charge on any atom is -0.324 e. The number of rotatable bonds is 7. The summed E-state index contributed by atoms with van der Waals surface area (Å²) in [6.07, 6.45) is 1.08. The highest BCUT2D eigenvalue weighted by molar-refractivity contribution is 5.93. The van der Waals surface area contributed by atoms with Gasteiger partial charge in [0.25, 0.3) is 0 Å². The lowest BCUT2D eigenvalue weighted by atomic mass is 9.96. The smallest absolute Gasteiger partial charge is 0.244 e. The minimum atomic E-state index is -0.0451. The standard InChI is InChI=1S/C29H33N3O/c1-19(2)17-23-13-15-24(16-14-23)22(5)29-30-25-11-6-7-12-26(25)32(29)18-27(33)31-28-20(3)9-8-10-21(28)4/h6-16,19,22H,17-18H2,1-5H3,(H,31,33). The summed E-state index contributed by atoms with van der Waals surface area (Å²) in [5, 5.41) is 3.13. The van der Waals surface area contributed by atoms with Gasteiger partial charge in [0, 0.05) is 11.6 Å². The summed E-state index contributed by atoms with van der Waals surface area (Å²) >= 11 is 0. The highest BCUT2D eigenvalue weighted by Gasteiger charge is 2.20. The van der Waals surface area contributed by atoms with Crippen LogP contribution in [0.5, 0.6) is 0 Å². The normalized spacial score (nSPS) is 12.3. The van der Waals surface area contributed by atoms with Crippen molar-refractivity contribution in [3.05, 3.63) is 94.8 Å². The van der Waals surface area contributed by atoms with E-state index in [0.29, 0.717) is 5.92 Å². The summed E-state index contributed by atoms with van der Waals surface area (Å²) in [6, 6.07) is 22.9. The van der Waals surface area contributed by atoms with Crippen molar-refractivity contribution in [1.29, 1.82) is 0 Å². The fourth-order valence-electron chi connectivity index (χ4n) is 4.49. The number of carbonyl (C=O) groups excluding carboxylic acids is 1. The molecule has 0 spiro atoms. The molecule has 4 aromatic rings. The average Bonchev–Trinajstić information content (AvgIpc) is 3.14. The molecule has 4 nitrogen and oxygen atoms in total. The summed E-state index contributed by atoms with van der Waals surface area (Å²) in [4.78, 5) is 18.1. The Bertz CT molecular complexity index is 1250. The molecule has 1 N–H and O–H groups in total. The van der Waals surface area contributed by atoms with Gasteiger partial charge < -0.3 is 9.88 Å². The van der Waals surface area contributed by atoms with Crippen LogP contribution in [0.4, 0.5) is 5.69 Å². The Morgan fingerprint density at radius 3 is 2.24 bits per heavy atom. The fraction of sp³-hybridized carbons (Fsp3) is 0.310. The van der Waals surface area contributed by atoms with Crippen LogP contribution < -0.4 is 5.32 Å². The van der Waals surface area contributed by atoms with Crippen molar-refractivity contribution in [3.63, 3.8) is 0 Å². The molecule has 0 saturated heterocycles. The average molecular weight is 440 g/mol. The first-order valence-electron chi connectivity index (χ1n) is 11.7. The van der Waals surface area contributed by atoms with E-state index in [2.05, 4.69) is 54.9 Å². The van der Waals surface area contributed by atoms with Gasteiger partial charge in [-0.3, -0.25) is 4.79 Å². The first-order chi connectivity index (χ1) is 15.8. The van der Waals surface area contributed by atoms with Crippen molar-refractivity contribution in [3.8, 4) is 0 Å². The topological polar surface area (TPSA) is 46.9 Å². The number of para-hydroxylation sites is 3. The first-order valence-corrected chi connectivity index (χ1v) is 11.7. The zero-order chi connectivity index (χ0) is 23.5. The Morgan fingerprint density at radius 2 is 1.58 bits per heavy atom. The second kappa shape index (κ2) is 9.62. The summed E-state index contributed by atoms with van der Waals surface area (Å²) < 4.78 is 2.06. The number of hydrogen-bond donors (Lipinski definition) is 1. The number of imidazole rings is 1. The number of benzene rings is 3. The van der Waals surface area contributed by atoms with Gasteiger partial charge in [0.15, 0.2) is 0 Å². The summed E-state index contributed by atoms with van der Waals surface area (Å²) in [5.74, 6) is 1.56. The molecule has 0 aliphatic rings. The van der Waals surface area contributed by atoms with E-state index >= 15 is 0 Å². The molecule has 4 rings (SSSR count). The maximum absolute atomic E-state index is 13.1. The largest absolute Gasteiger partial charge is 0.324 e. The molecule has 0 saturated carbocycles. The monoisotopic (exact) mass is 439 g/mol. The van der Waals surface area contributed by atoms with Crippen LogP contribution in [0.1, 0.15) is 54.8 Å². The molecule has 1 amide bonds. The number of nitrogens with one attached hydrogen (secondary N) is 1. The van der Waals surface area contributed by atoms with Gasteiger partial charge in [-0.05, 0) is 60.6 Å². The van der Waals surface area contributed by atoms with Crippen LogP contribution in [0.25, 0.3) is 11.0 Å². The predicted octanol–water partition coefficient (Wildman–Crippen LogP) is 6.64. The van der Waals surface area contributed by atoms with Crippen LogP contribution in [0.2, 0.25) is 0 Å². The number of fused-ring (bicyclic) bond motifs is 1. The Balaban J connectivity index is 1.65. The molecule has 0 aliphatic carbocycles. The van der Waals surface area contributed by atoms with Gasteiger partial charge in [0.05, 0.1) is 11.0 Å². The van der Waals surface area contributed by atoms with Crippen LogP contribution in [0.15, 0.2) is 66.7 Å². The van der Waals surface area contributed by atoms with Gasteiger partial charge in [-0.1, -0.05) is 75.4 Å². The summed E-state index contributed by atoms with van der Waals surface area (Å²) in [5.41, 5.74) is 7.46. The molecule has 1 atom stereocenters. The molecular formula is C29H33N3O. The molecular weight excluding hydrogens is 406 g/mol. The van der Waals surface area contributed by atoms with Crippen LogP contribution in [-0.2, 0) is 17.8 Å². The van der Waals surface area contributed by atoms with Gasteiger partial charge in [-0.15, -0.1) is 0 Å². The third-order valence-corrected chi connectivity index (χ3v) is 6.24. The van der Waals surface area contributed by atoms with E-state index in [1.807, 2.05) is 56.3 Å². The van der Waals surface area contributed by atoms with E-state index in [1.54, 1.807) is 0 Å². The minimum absolute atomic E-state index is 0.0451. The van der Waals surface area contributed by atoms with E-state index in [1.165, 1.54) is 11.1 Å². The zero-order valence-corrected chi connectivity index (χ0v) is 20.2. The number of hydrogen-bond acceptors (Lipinski definition) is 2.